The Morgan fingerprint density at radius 1 is 1.14 bits per heavy atom. The van der Waals surface area contributed by atoms with Crippen molar-refractivity contribution in [2.75, 3.05) is 13.7 Å². The number of aromatic nitrogens is 2. The van der Waals surface area contributed by atoms with Crippen LogP contribution in [0.3, 0.4) is 0 Å². The summed E-state index contributed by atoms with van der Waals surface area (Å²) in [6.07, 6.45) is 5.16. The molecule has 4 aromatic rings. The molecule has 2 aromatic heterocycles. The van der Waals surface area contributed by atoms with Gasteiger partial charge in [0.2, 0.25) is 0 Å². The van der Waals surface area contributed by atoms with E-state index in [-0.39, 0.29) is 12.2 Å². The number of rotatable bonds is 5. The highest BCUT2D eigenvalue weighted by Gasteiger charge is 2.36. The second kappa shape index (κ2) is 9.31. The lowest BCUT2D eigenvalue weighted by molar-refractivity contribution is -0.139. The van der Waals surface area contributed by atoms with E-state index in [0.29, 0.717) is 26.4 Å². The highest BCUT2D eigenvalue weighted by Crippen LogP contribution is 2.40. The number of pyridine rings is 1. The van der Waals surface area contributed by atoms with Crippen LogP contribution in [0.1, 0.15) is 31.0 Å². The second-order valence-corrected chi connectivity index (χ2v) is 8.99. The molecule has 35 heavy (non-hydrogen) atoms. The fraction of sp³-hybridized carbons (Fsp3) is 0.185. The molecule has 7 nitrogen and oxygen atoms in total. The van der Waals surface area contributed by atoms with Crippen molar-refractivity contribution in [2.45, 2.75) is 19.9 Å². The van der Waals surface area contributed by atoms with Crippen molar-refractivity contribution in [1.82, 2.24) is 9.55 Å². The topological polar surface area (TPSA) is 82.8 Å². The predicted octanol–water partition coefficient (Wildman–Crippen LogP) is 3.36. The predicted molar refractivity (Wildman–Crippen MR) is 135 cm³/mol. The van der Waals surface area contributed by atoms with Gasteiger partial charge in [-0.15, -0.1) is 0 Å². The largest absolute Gasteiger partial charge is 0.496 e. The van der Waals surface area contributed by atoms with Crippen molar-refractivity contribution >= 4 is 34.2 Å². The fourth-order valence-corrected chi connectivity index (χ4v) is 5.46. The molecule has 0 saturated heterocycles. The first-order valence-electron chi connectivity index (χ1n) is 11.2. The van der Waals surface area contributed by atoms with E-state index in [0.717, 1.165) is 21.9 Å². The molecule has 8 heteroatoms. The van der Waals surface area contributed by atoms with Gasteiger partial charge in [-0.05, 0) is 54.5 Å². The Bertz CT molecular complexity index is 1650. The molecule has 176 valence electrons. The lowest BCUT2D eigenvalue weighted by atomic mass is 9.90. The minimum absolute atomic E-state index is 0.210. The monoisotopic (exact) mass is 485 g/mol. The Morgan fingerprint density at radius 2 is 1.91 bits per heavy atom. The zero-order valence-corrected chi connectivity index (χ0v) is 20.3. The van der Waals surface area contributed by atoms with E-state index in [2.05, 4.69) is 9.98 Å². The van der Waals surface area contributed by atoms with Crippen LogP contribution in [0.5, 0.6) is 5.75 Å². The summed E-state index contributed by atoms with van der Waals surface area (Å²) in [6, 6.07) is 14.6. The summed E-state index contributed by atoms with van der Waals surface area (Å²) < 4.78 is 13.3. The van der Waals surface area contributed by atoms with Gasteiger partial charge in [0.25, 0.3) is 5.56 Å². The van der Waals surface area contributed by atoms with E-state index in [1.807, 2.05) is 54.6 Å². The minimum Gasteiger partial charge on any atom is -0.496 e. The number of allylic oxidation sites excluding steroid dienone is 1. The maximum absolute atomic E-state index is 13.8. The number of hydrogen-bond donors (Lipinski definition) is 0. The van der Waals surface area contributed by atoms with Crippen molar-refractivity contribution < 1.29 is 14.3 Å². The molecule has 0 bridgehead atoms. The summed E-state index contributed by atoms with van der Waals surface area (Å²) in [4.78, 5) is 36.3. The van der Waals surface area contributed by atoms with E-state index in [4.69, 9.17) is 9.47 Å². The van der Waals surface area contributed by atoms with Crippen LogP contribution in [0.4, 0.5) is 0 Å². The van der Waals surface area contributed by atoms with Crippen molar-refractivity contribution in [3.05, 3.63) is 103 Å². The van der Waals surface area contributed by atoms with Crippen molar-refractivity contribution in [1.29, 1.82) is 0 Å². The molecular formula is C27H23N3O4S. The van der Waals surface area contributed by atoms with Gasteiger partial charge in [-0.2, -0.15) is 0 Å². The number of hydrogen-bond acceptors (Lipinski definition) is 7. The van der Waals surface area contributed by atoms with E-state index >= 15 is 0 Å². The van der Waals surface area contributed by atoms with Crippen LogP contribution in [0.25, 0.3) is 16.8 Å². The summed E-state index contributed by atoms with van der Waals surface area (Å²) in [6.45, 7) is 3.74. The molecule has 0 unspecified atom stereocenters. The van der Waals surface area contributed by atoms with E-state index < -0.39 is 12.0 Å². The van der Waals surface area contributed by atoms with Crippen LogP contribution in [0.15, 0.2) is 82.0 Å². The number of thiazole rings is 1. The van der Waals surface area contributed by atoms with Crippen LogP contribution in [-0.4, -0.2) is 29.2 Å². The van der Waals surface area contributed by atoms with Crippen LogP contribution in [0.2, 0.25) is 0 Å². The summed E-state index contributed by atoms with van der Waals surface area (Å²) in [5.74, 6) is 0.0751. The lowest BCUT2D eigenvalue weighted by Crippen LogP contribution is -2.40. The number of carbonyl (C=O) groups excluding carboxylic acids is 1. The molecular weight excluding hydrogens is 462 g/mol. The summed E-state index contributed by atoms with van der Waals surface area (Å²) in [5, 5.41) is 1.86. The quantitative estimate of drug-likeness (QED) is 0.405. The minimum atomic E-state index is -0.758. The second-order valence-electron chi connectivity index (χ2n) is 7.99. The molecule has 1 aliphatic rings. The third-order valence-electron chi connectivity index (χ3n) is 5.94. The van der Waals surface area contributed by atoms with Crippen LogP contribution >= 0.6 is 11.3 Å². The van der Waals surface area contributed by atoms with Gasteiger partial charge < -0.3 is 9.47 Å². The molecule has 0 N–H and O–H groups in total. The number of nitrogens with zero attached hydrogens (tertiary/aromatic N) is 3. The van der Waals surface area contributed by atoms with Gasteiger partial charge in [0.1, 0.15) is 11.8 Å². The fourth-order valence-electron chi connectivity index (χ4n) is 4.41. The van der Waals surface area contributed by atoms with Gasteiger partial charge in [0.15, 0.2) is 4.80 Å². The van der Waals surface area contributed by atoms with Gasteiger partial charge in [-0.25, -0.2) is 9.79 Å². The Hall–Kier alpha value is -4.04. The maximum atomic E-state index is 13.8. The summed E-state index contributed by atoms with van der Waals surface area (Å²) in [5.41, 5.74) is 2.18. The average molecular weight is 486 g/mol. The van der Waals surface area contributed by atoms with Gasteiger partial charge in [0, 0.05) is 18.0 Å². The molecule has 5 rings (SSSR count). The van der Waals surface area contributed by atoms with Crippen molar-refractivity contribution in [2.24, 2.45) is 4.99 Å². The van der Waals surface area contributed by atoms with Crippen LogP contribution in [0, 0.1) is 0 Å². The van der Waals surface area contributed by atoms with Gasteiger partial charge >= 0.3 is 5.97 Å². The third-order valence-corrected chi connectivity index (χ3v) is 6.93. The first kappa shape index (κ1) is 22.7. The molecule has 0 saturated carbocycles. The number of ether oxygens (including phenoxy) is 2. The Kier molecular flexibility index (Phi) is 6.05. The van der Waals surface area contributed by atoms with Crippen molar-refractivity contribution in [3.8, 4) is 5.75 Å². The Labute approximate surface area is 205 Å². The lowest BCUT2D eigenvalue weighted by Gasteiger charge is -2.27. The van der Waals surface area contributed by atoms with Gasteiger partial charge in [-0.1, -0.05) is 41.7 Å². The normalized spacial score (nSPS) is 15.6. The number of esters is 1. The van der Waals surface area contributed by atoms with Crippen LogP contribution < -0.4 is 19.6 Å². The average Bonchev–Trinajstić information content (AvgIpc) is 3.17. The summed E-state index contributed by atoms with van der Waals surface area (Å²) >= 11 is 1.29. The van der Waals surface area contributed by atoms with Crippen LogP contribution in [-0.2, 0) is 9.53 Å². The summed E-state index contributed by atoms with van der Waals surface area (Å²) in [7, 11) is 1.58. The number of fused-ring (bicyclic) bond motifs is 2. The number of methoxy groups -OCH3 is 1. The zero-order valence-electron chi connectivity index (χ0n) is 19.5. The SMILES string of the molecule is CCOC(=O)C1=C(C)N=c2s/c(=C\c3ccncc3)c(=O)n2[C@@H]1c1c(OC)ccc2ccccc12. The molecule has 0 spiro atoms. The van der Waals surface area contributed by atoms with E-state index in [1.165, 1.54) is 11.3 Å². The molecule has 1 aliphatic heterocycles. The molecule has 3 heterocycles. The standard InChI is InChI=1S/C27H23N3O4S/c1-4-34-26(32)22-16(2)29-27-30(25(31)21(35-27)15-17-11-13-28-14-12-17)24(22)23-19-8-6-5-7-18(19)9-10-20(23)33-3/h5-15,24H,4H2,1-3H3/b21-15-/t24-/m0/s1. The molecule has 0 aliphatic carbocycles. The number of carbonyl (C=O) groups is 1. The van der Waals surface area contributed by atoms with E-state index in [1.54, 1.807) is 37.9 Å². The van der Waals surface area contributed by atoms with Crippen molar-refractivity contribution in [3.63, 3.8) is 0 Å². The molecule has 0 radical (unpaired) electrons. The maximum Gasteiger partial charge on any atom is 0.338 e. The third kappa shape index (κ3) is 3.95. The molecule has 1 atom stereocenters. The smallest absolute Gasteiger partial charge is 0.338 e. The Morgan fingerprint density at radius 3 is 2.66 bits per heavy atom. The zero-order chi connectivity index (χ0) is 24.5. The molecule has 0 amide bonds. The molecule has 2 aromatic carbocycles. The first-order valence-corrected chi connectivity index (χ1v) is 12.0. The van der Waals surface area contributed by atoms with Gasteiger partial charge in [0.05, 0.1) is 29.5 Å². The highest BCUT2D eigenvalue weighted by molar-refractivity contribution is 7.07. The first-order chi connectivity index (χ1) is 17.0. The number of benzene rings is 2. The van der Waals surface area contributed by atoms with Gasteiger partial charge in [-0.3, -0.25) is 14.3 Å². The molecule has 0 fully saturated rings. The Balaban J connectivity index is 1.86. The van der Waals surface area contributed by atoms with E-state index in [9.17, 15) is 9.59 Å². The highest BCUT2D eigenvalue weighted by atomic mass is 32.1.